The number of hydrogen-bond donors (Lipinski definition) is 1. The lowest BCUT2D eigenvalue weighted by Gasteiger charge is -2.10. The van der Waals surface area contributed by atoms with E-state index in [1.807, 2.05) is 25.1 Å². The second-order valence-electron chi connectivity index (χ2n) is 3.43. The number of ether oxygens (including phenoxy) is 1. The summed E-state index contributed by atoms with van der Waals surface area (Å²) in [7, 11) is 1.32. The Morgan fingerprint density at radius 1 is 1.60 bits per heavy atom. The summed E-state index contributed by atoms with van der Waals surface area (Å²) in [5.41, 5.74) is 7.57. The summed E-state index contributed by atoms with van der Waals surface area (Å²) in [6.45, 7) is 1.95. The Morgan fingerprint density at radius 2 is 2.27 bits per heavy atom. The van der Waals surface area contributed by atoms with Crippen LogP contribution in [0.2, 0.25) is 5.02 Å². The van der Waals surface area contributed by atoms with Crippen LogP contribution in [-0.2, 0) is 16.0 Å². The maximum atomic E-state index is 11.1. The van der Waals surface area contributed by atoms with Crippen LogP contribution in [0.1, 0.15) is 11.1 Å². The van der Waals surface area contributed by atoms with Gasteiger partial charge < -0.3 is 10.5 Å². The second-order valence-corrected chi connectivity index (χ2v) is 3.84. The molecule has 1 aromatic carbocycles. The van der Waals surface area contributed by atoms with Crippen molar-refractivity contribution in [3.05, 3.63) is 34.3 Å². The summed E-state index contributed by atoms with van der Waals surface area (Å²) in [6, 6.07) is 5.00. The van der Waals surface area contributed by atoms with Crippen LogP contribution in [0.4, 0.5) is 0 Å². The topological polar surface area (TPSA) is 52.3 Å². The van der Waals surface area contributed by atoms with Crippen LogP contribution in [0.15, 0.2) is 18.2 Å². The summed E-state index contributed by atoms with van der Waals surface area (Å²) in [4.78, 5) is 11.1. The number of carbonyl (C=O) groups excluding carboxylic acids is 1. The van der Waals surface area contributed by atoms with E-state index in [0.29, 0.717) is 11.4 Å². The van der Waals surface area contributed by atoms with Crippen LogP contribution >= 0.6 is 11.6 Å². The standard InChI is InChI=1S/C11H14ClNO2/c1-7-3-4-8(9(12)5-7)6-10(13)11(14)15-2/h3-5,10H,6,13H2,1-2H3. The van der Waals surface area contributed by atoms with Gasteiger partial charge in [0.1, 0.15) is 6.04 Å². The van der Waals surface area contributed by atoms with Crippen LogP contribution in [0.3, 0.4) is 0 Å². The largest absolute Gasteiger partial charge is 0.468 e. The predicted molar refractivity (Wildman–Crippen MR) is 59.9 cm³/mol. The van der Waals surface area contributed by atoms with Crippen molar-refractivity contribution in [2.75, 3.05) is 7.11 Å². The molecule has 2 N–H and O–H groups in total. The molecule has 0 bridgehead atoms. The van der Waals surface area contributed by atoms with E-state index in [2.05, 4.69) is 4.74 Å². The Kier molecular flexibility index (Phi) is 4.12. The van der Waals surface area contributed by atoms with Crippen molar-refractivity contribution in [2.45, 2.75) is 19.4 Å². The van der Waals surface area contributed by atoms with Crippen LogP contribution in [0.5, 0.6) is 0 Å². The summed E-state index contributed by atoms with van der Waals surface area (Å²) < 4.78 is 4.54. The third kappa shape index (κ3) is 3.22. The molecule has 0 spiro atoms. The third-order valence-electron chi connectivity index (χ3n) is 2.15. The molecule has 0 amide bonds. The Bertz CT molecular complexity index is 366. The molecule has 82 valence electrons. The van der Waals surface area contributed by atoms with Gasteiger partial charge in [-0.2, -0.15) is 0 Å². The lowest BCUT2D eigenvalue weighted by Crippen LogP contribution is -2.33. The van der Waals surface area contributed by atoms with Gasteiger partial charge in [-0.1, -0.05) is 23.7 Å². The summed E-state index contributed by atoms with van der Waals surface area (Å²) in [5.74, 6) is -0.424. The van der Waals surface area contributed by atoms with Gasteiger partial charge >= 0.3 is 5.97 Å². The number of nitrogens with two attached hydrogens (primary N) is 1. The number of hydrogen-bond acceptors (Lipinski definition) is 3. The van der Waals surface area contributed by atoms with Crippen LogP contribution in [0, 0.1) is 6.92 Å². The monoisotopic (exact) mass is 227 g/mol. The molecule has 4 heteroatoms. The van der Waals surface area contributed by atoms with Crippen LogP contribution in [-0.4, -0.2) is 19.1 Å². The molecule has 1 aromatic rings. The molecule has 0 fully saturated rings. The number of carbonyl (C=O) groups is 1. The zero-order valence-corrected chi connectivity index (χ0v) is 9.54. The minimum absolute atomic E-state index is 0.395. The molecule has 0 heterocycles. The normalized spacial score (nSPS) is 12.3. The van der Waals surface area contributed by atoms with E-state index in [1.54, 1.807) is 0 Å². The average Bonchev–Trinajstić information content (AvgIpc) is 2.20. The highest BCUT2D eigenvalue weighted by atomic mass is 35.5. The minimum atomic E-state index is -0.657. The van der Waals surface area contributed by atoms with E-state index in [0.717, 1.165) is 11.1 Å². The van der Waals surface area contributed by atoms with E-state index in [1.165, 1.54) is 7.11 Å². The van der Waals surface area contributed by atoms with Gasteiger partial charge in [0.2, 0.25) is 0 Å². The quantitative estimate of drug-likeness (QED) is 0.800. The molecule has 1 rings (SSSR count). The van der Waals surface area contributed by atoms with E-state index in [9.17, 15) is 4.79 Å². The molecular formula is C11H14ClNO2. The van der Waals surface area contributed by atoms with Crippen molar-refractivity contribution in [2.24, 2.45) is 5.73 Å². The molecule has 15 heavy (non-hydrogen) atoms. The first kappa shape index (κ1) is 12.0. The fourth-order valence-electron chi connectivity index (χ4n) is 1.29. The van der Waals surface area contributed by atoms with Crippen molar-refractivity contribution in [1.29, 1.82) is 0 Å². The highest BCUT2D eigenvalue weighted by Crippen LogP contribution is 2.18. The van der Waals surface area contributed by atoms with Crippen molar-refractivity contribution in [3.63, 3.8) is 0 Å². The number of methoxy groups -OCH3 is 1. The highest BCUT2D eigenvalue weighted by Gasteiger charge is 2.15. The van der Waals surface area contributed by atoms with Crippen molar-refractivity contribution in [1.82, 2.24) is 0 Å². The van der Waals surface area contributed by atoms with E-state index < -0.39 is 12.0 Å². The average molecular weight is 228 g/mol. The molecule has 0 saturated carbocycles. The molecule has 0 aromatic heterocycles. The van der Waals surface area contributed by atoms with E-state index in [-0.39, 0.29) is 0 Å². The molecule has 0 aliphatic heterocycles. The van der Waals surface area contributed by atoms with E-state index >= 15 is 0 Å². The fraction of sp³-hybridized carbons (Fsp3) is 0.364. The van der Waals surface area contributed by atoms with Crippen molar-refractivity contribution in [3.8, 4) is 0 Å². The molecular weight excluding hydrogens is 214 g/mol. The molecule has 0 aliphatic carbocycles. The first-order valence-corrected chi connectivity index (χ1v) is 5.01. The number of benzene rings is 1. The molecule has 0 aliphatic rings. The van der Waals surface area contributed by atoms with Gasteiger partial charge in [0.15, 0.2) is 0 Å². The zero-order chi connectivity index (χ0) is 11.4. The van der Waals surface area contributed by atoms with Gasteiger partial charge in [0, 0.05) is 5.02 Å². The first-order valence-electron chi connectivity index (χ1n) is 4.63. The van der Waals surface area contributed by atoms with E-state index in [4.69, 9.17) is 17.3 Å². The number of rotatable bonds is 3. The lowest BCUT2D eigenvalue weighted by molar-refractivity contribution is -0.142. The smallest absolute Gasteiger partial charge is 0.322 e. The van der Waals surface area contributed by atoms with Gasteiger partial charge in [-0.25, -0.2) is 0 Å². The maximum absolute atomic E-state index is 11.1. The van der Waals surface area contributed by atoms with Gasteiger partial charge in [-0.15, -0.1) is 0 Å². The fourth-order valence-corrected chi connectivity index (χ4v) is 1.60. The Hall–Kier alpha value is -1.06. The predicted octanol–water partition coefficient (Wildman–Crippen LogP) is 1.69. The minimum Gasteiger partial charge on any atom is -0.468 e. The first-order chi connectivity index (χ1) is 7.04. The molecule has 3 nitrogen and oxygen atoms in total. The zero-order valence-electron chi connectivity index (χ0n) is 8.79. The molecule has 1 unspecified atom stereocenters. The highest BCUT2D eigenvalue weighted by molar-refractivity contribution is 6.31. The summed E-state index contributed by atoms with van der Waals surface area (Å²) in [6.07, 6.45) is 0.395. The van der Waals surface area contributed by atoms with Crippen LogP contribution in [0.25, 0.3) is 0 Å². The Balaban J connectivity index is 2.76. The SMILES string of the molecule is COC(=O)C(N)Cc1ccc(C)cc1Cl. The summed E-state index contributed by atoms with van der Waals surface area (Å²) >= 11 is 6.01. The third-order valence-corrected chi connectivity index (χ3v) is 2.50. The molecule has 1 atom stereocenters. The Labute approximate surface area is 94.2 Å². The second kappa shape index (κ2) is 5.14. The Morgan fingerprint density at radius 3 is 2.80 bits per heavy atom. The van der Waals surface area contributed by atoms with Gasteiger partial charge in [-0.3, -0.25) is 4.79 Å². The van der Waals surface area contributed by atoms with Crippen molar-refractivity contribution < 1.29 is 9.53 Å². The van der Waals surface area contributed by atoms with Gasteiger partial charge in [0.25, 0.3) is 0 Å². The van der Waals surface area contributed by atoms with Crippen molar-refractivity contribution >= 4 is 17.6 Å². The van der Waals surface area contributed by atoms with Crippen LogP contribution < -0.4 is 5.73 Å². The number of aryl methyl sites for hydroxylation is 1. The maximum Gasteiger partial charge on any atom is 0.322 e. The summed E-state index contributed by atoms with van der Waals surface area (Å²) in [5, 5.41) is 0.634. The number of esters is 1. The van der Waals surface area contributed by atoms with Gasteiger partial charge in [0.05, 0.1) is 7.11 Å². The number of halogens is 1. The molecule has 0 saturated heterocycles. The van der Waals surface area contributed by atoms with Gasteiger partial charge in [-0.05, 0) is 30.5 Å². The lowest BCUT2D eigenvalue weighted by atomic mass is 10.1. The molecule has 0 radical (unpaired) electrons.